The molecule has 1 saturated carbocycles. The van der Waals surface area contributed by atoms with Crippen molar-refractivity contribution in [3.8, 4) is 0 Å². The Morgan fingerprint density at radius 3 is 2.32 bits per heavy atom. The average molecular weight is 526 g/mol. The van der Waals surface area contributed by atoms with E-state index in [1.807, 2.05) is 24.3 Å². The first-order valence-electron chi connectivity index (χ1n) is 13.3. The largest absolute Gasteiger partial charge is 0.481 e. The van der Waals surface area contributed by atoms with Crippen LogP contribution in [0.15, 0.2) is 54.6 Å². The fraction of sp³-hybridized carbons (Fsp3) is 0.483. The first kappa shape index (κ1) is 26.1. The van der Waals surface area contributed by atoms with E-state index < -0.39 is 35.7 Å². The fourth-order valence-corrected chi connectivity index (χ4v) is 6.19. The van der Waals surface area contributed by atoms with Gasteiger partial charge in [-0.15, -0.1) is 0 Å². The predicted molar refractivity (Wildman–Crippen MR) is 140 cm³/mol. The molecule has 38 heavy (non-hydrogen) atoms. The minimum atomic E-state index is -2.86. The van der Waals surface area contributed by atoms with Gasteiger partial charge in [-0.1, -0.05) is 36.4 Å². The number of fused-ring (bicyclic) bond motifs is 1. The summed E-state index contributed by atoms with van der Waals surface area (Å²) in [6, 6.07) is 15.6. The summed E-state index contributed by atoms with van der Waals surface area (Å²) < 4.78 is 28.6. The molecule has 1 aliphatic carbocycles. The average Bonchev–Trinajstić information content (AvgIpc) is 3.33. The summed E-state index contributed by atoms with van der Waals surface area (Å²) in [6.07, 6.45) is 0.827. The number of aliphatic carboxylic acids is 1. The van der Waals surface area contributed by atoms with Crippen LogP contribution in [-0.4, -0.2) is 59.5 Å². The second-order valence-electron chi connectivity index (χ2n) is 10.8. The van der Waals surface area contributed by atoms with Crippen molar-refractivity contribution in [3.63, 3.8) is 0 Å². The van der Waals surface area contributed by atoms with Crippen molar-refractivity contribution in [2.24, 2.45) is 5.41 Å². The number of urea groups is 1. The van der Waals surface area contributed by atoms with Gasteiger partial charge in [-0.05, 0) is 55.9 Å². The Morgan fingerprint density at radius 1 is 0.947 bits per heavy atom. The summed E-state index contributed by atoms with van der Waals surface area (Å²) in [6.45, 7) is 1.00. The number of halogens is 2. The van der Waals surface area contributed by atoms with Crippen LogP contribution in [0.2, 0.25) is 0 Å². The van der Waals surface area contributed by atoms with Crippen LogP contribution in [0.1, 0.15) is 50.5 Å². The minimum absolute atomic E-state index is 0.124. The van der Waals surface area contributed by atoms with Crippen molar-refractivity contribution in [1.82, 2.24) is 4.90 Å². The number of benzene rings is 2. The van der Waals surface area contributed by atoms with Gasteiger partial charge >= 0.3 is 12.0 Å². The normalized spacial score (nSPS) is 22.0. The standard InChI is InChI=1S/C29H33F2N3O4/c30-29(31)13-6-10-23(19-29)34(22-8-2-1-3-9-22)25(35)20-28(26(36)37)14-17-32(18-15-28)27(38)33-16-12-21-7-4-5-11-24(21)33/h1-5,7-9,11,23H,6,10,12-20H2,(H,36,37)/t23-/m1/s1. The van der Waals surface area contributed by atoms with Gasteiger partial charge in [0.1, 0.15) is 0 Å². The van der Waals surface area contributed by atoms with Crippen molar-refractivity contribution in [2.75, 3.05) is 29.4 Å². The summed E-state index contributed by atoms with van der Waals surface area (Å²) >= 11 is 0. The maximum absolute atomic E-state index is 14.3. The van der Waals surface area contributed by atoms with E-state index in [-0.39, 0.29) is 44.8 Å². The molecular formula is C29H33F2N3O4. The molecule has 0 radical (unpaired) electrons. The van der Waals surface area contributed by atoms with Crippen molar-refractivity contribution >= 4 is 29.3 Å². The minimum Gasteiger partial charge on any atom is -0.481 e. The molecule has 2 heterocycles. The van der Waals surface area contributed by atoms with Gasteiger partial charge in [-0.25, -0.2) is 13.6 Å². The smallest absolute Gasteiger partial charge is 0.324 e. The van der Waals surface area contributed by atoms with Gasteiger partial charge in [0.05, 0.1) is 5.41 Å². The molecule has 2 aromatic rings. The van der Waals surface area contributed by atoms with Crippen molar-refractivity contribution < 1.29 is 28.3 Å². The summed E-state index contributed by atoms with van der Waals surface area (Å²) in [4.78, 5) is 44.3. The molecule has 1 saturated heterocycles. The van der Waals surface area contributed by atoms with Gasteiger partial charge < -0.3 is 14.9 Å². The zero-order valence-electron chi connectivity index (χ0n) is 21.3. The van der Waals surface area contributed by atoms with E-state index in [1.165, 1.54) is 4.90 Å². The van der Waals surface area contributed by atoms with Crippen LogP contribution in [0.3, 0.4) is 0 Å². The number of nitrogens with zero attached hydrogens (tertiary/aromatic N) is 3. The van der Waals surface area contributed by atoms with Gasteiger partial charge in [0, 0.05) is 56.3 Å². The second-order valence-corrected chi connectivity index (χ2v) is 10.8. The molecule has 0 unspecified atom stereocenters. The molecule has 3 amide bonds. The van der Waals surface area contributed by atoms with Crippen molar-refractivity contribution in [3.05, 3.63) is 60.2 Å². The lowest BCUT2D eigenvalue weighted by atomic mass is 9.75. The van der Waals surface area contributed by atoms with Crippen LogP contribution in [0.4, 0.5) is 25.0 Å². The second kappa shape index (κ2) is 10.3. The highest BCUT2D eigenvalue weighted by Crippen LogP contribution is 2.41. The number of anilines is 2. The van der Waals surface area contributed by atoms with E-state index in [0.29, 0.717) is 25.1 Å². The Balaban J connectivity index is 1.32. The summed E-state index contributed by atoms with van der Waals surface area (Å²) in [7, 11) is 0. The highest BCUT2D eigenvalue weighted by Gasteiger charge is 2.47. The molecule has 5 rings (SSSR count). The van der Waals surface area contributed by atoms with Gasteiger partial charge in [0.25, 0.3) is 0 Å². The molecule has 202 valence electrons. The number of hydrogen-bond donors (Lipinski definition) is 1. The first-order chi connectivity index (χ1) is 18.2. The first-order valence-corrected chi connectivity index (χ1v) is 13.3. The summed E-state index contributed by atoms with van der Waals surface area (Å²) in [5.41, 5.74) is 1.13. The number of carboxylic acid groups (broad SMARTS) is 1. The Bertz CT molecular complexity index is 1200. The zero-order valence-corrected chi connectivity index (χ0v) is 21.3. The molecule has 2 aromatic carbocycles. The molecule has 9 heteroatoms. The molecule has 0 bridgehead atoms. The van der Waals surface area contributed by atoms with Gasteiger partial charge in [0.2, 0.25) is 11.8 Å². The molecule has 0 spiro atoms. The number of carbonyl (C=O) groups excluding carboxylic acids is 2. The van der Waals surface area contributed by atoms with Crippen LogP contribution in [-0.2, 0) is 16.0 Å². The fourth-order valence-electron chi connectivity index (χ4n) is 6.19. The number of alkyl halides is 2. The lowest BCUT2D eigenvalue weighted by molar-refractivity contribution is -0.154. The molecule has 2 aliphatic heterocycles. The van der Waals surface area contributed by atoms with Crippen molar-refractivity contribution in [1.29, 1.82) is 0 Å². The number of amides is 3. The van der Waals surface area contributed by atoms with Crippen LogP contribution < -0.4 is 9.80 Å². The maximum atomic E-state index is 14.3. The number of piperidine rings is 1. The highest BCUT2D eigenvalue weighted by atomic mass is 19.3. The predicted octanol–water partition coefficient (Wildman–Crippen LogP) is 5.34. The van der Waals surface area contributed by atoms with Gasteiger partial charge in [0.15, 0.2) is 0 Å². The van der Waals surface area contributed by atoms with Gasteiger partial charge in [-0.2, -0.15) is 0 Å². The molecular weight excluding hydrogens is 492 g/mol. The SMILES string of the molecule is O=C(N1CCC(CC(=O)N(c2ccccc2)[C@@H]2CCCC(F)(F)C2)(C(=O)O)CC1)N1CCc2ccccc21. The molecule has 0 aromatic heterocycles. The van der Waals surface area contributed by atoms with Crippen LogP contribution in [0, 0.1) is 5.41 Å². The lowest BCUT2D eigenvalue weighted by Gasteiger charge is -2.42. The molecule has 7 nitrogen and oxygen atoms in total. The van der Waals surface area contributed by atoms with E-state index in [1.54, 1.807) is 40.1 Å². The van der Waals surface area contributed by atoms with Crippen LogP contribution >= 0.6 is 0 Å². The number of rotatable bonds is 5. The zero-order chi connectivity index (χ0) is 26.9. The van der Waals surface area contributed by atoms with E-state index in [4.69, 9.17) is 0 Å². The Labute approximate surface area is 221 Å². The third-order valence-electron chi connectivity index (χ3n) is 8.33. The Hall–Kier alpha value is -3.49. The number of para-hydroxylation sites is 2. The molecule has 1 N–H and O–H groups in total. The van der Waals surface area contributed by atoms with E-state index in [0.717, 1.165) is 17.7 Å². The van der Waals surface area contributed by atoms with Crippen LogP contribution in [0.25, 0.3) is 0 Å². The summed E-state index contributed by atoms with van der Waals surface area (Å²) in [5.74, 6) is -4.42. The third kappa shape index (κ3) is 5.11. The van der Waals surface area contributed by atoms with E-state index >= 15 is 0 Å². The third-order valence-corrected chi connectivity index (χ3v) is 8.33. The number of likely N-dealkylation sites (tertiary alicyclic amines) is 1. The van der Waals surface area contributed by atoms with Crippen molar-refractivity contribution in [2.45, 2.75) is 63.3 Å². The Morgan fingerprint density at radius 2 is 1.63 bits per heavy atom. The van der Waals surface area contributed by atoms with Crippen LogP contribution in [0.5, 0.6) is 0 Å². The quantitative estimate of drug-likeness (QED) is 0.572. The number of hydrogen-bond acceptors (Lipinski definition) is 3. The molecule has 2 fully saturated rings. The highest BCUT2D eigenvalue weighted by molar-refractivity contribution is 5.97. The molecule has 1 atom stereocenters. The Kier molecular flexibility index (Phi) is 7.11. The lowest BCUT2D eigenvalue weighted by Crippen LogP contribution is -2.53. The monoisotopic (exact) mass is 525 g/mol. The molecule has 3 aliphatic rings. The van der Waals surface area contributed by atoms with Gasteiger partial charge in [-0.3, -0.25) is 14.5 Å². The number of carbonyl (C=O) groups is 3. The summed E-state index contributed by atoms with van der Waals surface area (Å²) in [5, 5.41) is 10.2. The maximum Gasteiger partial charge on any atom is 0.324 e. The number of carboxylic acids is 1. The topological polar surface area (TPSA) is 81.2 Å². The van der Waals surface area contributed by atoms with E-state index in [9.17, 15) is 28.3 Å². The van der Waals surface area contributed by atoms with E-state index in [2.05, 4.69) is 0 Å².